The number of benzene rings is 2. The van der Waals surface area contributed by atoms with Crippen LogP contribution in [-0.2, 0) is 14.8 Å². The van der Waals surface area contributed by atoms with Gasteiger partial charge in [-0.15, -0.1) is 0 Å². The molecule has 1 atom stereocenters. The lowest BCUT2D eigenvalue weighted by molar-refractivity contribution is -0.120. The van der Waals surface area contributed by atoms with Gasteiger partial charge in [-0.25, -0.2) is 8.42 Å². The maximum Gasteiger partial charge on any atom is 0.264 e. The molecule has 6 nitrogen and oxygen atoms in total. The first-order valence-electron chi connectivity index (χ1n) is 9.40. The first-order valence-corrected chi connectivity index (χ1v) is 10.8. The maximum atomic E-state index is 13.4. The van der Waals surface area contributed by atoms with Crippen LogP contribution >= 0.6 is 0 Å². The van der Waals surface area contributed by atoms with Crippen LogP contribution in [0.5, 0.6) is 5.75 Å². The maximum absolute atomic E-state index is 13.4. The first-order chi connectivity index (χ1) is 13.3. The van der Waals surface area contributed by atoms with Gasteiger partial charge < -0.3 is 10.1 Å². The van der Waals surface area contributed by atoms with Gasteiger partial charge in [-0.05, 0) is 51.5 Å². The molecule has 0 fully saturated rings. The van der Waals surface area contributed by atoms with Gasteiger partial charge in [-0.2, -0.15) is 0 Å². The van der Waals surface area contributed by atoms with Crippen LogP contribution in [0.3, 0.4) is 0 Å². The fraction of sp³-hybridized carbons (Fsp3) is 0.381. The predicted octanol–water partition coefficient (Wildman–Crippen LogP) is 3.50. The van der Waals surface area contributed by atoms with Crippen molar-refractivity contribution < 1.29 is 17.9 Å². The Bertz CT molecular complexity index is 895. The van der Waals surface area contributed by atoms with Crippen molar-refractivity contribution in [2.24, 2.45) is 0 Å². The van der Waals surface area contributed by atoms with Gasteiger partial charge >= 0.3 is 0 Å². The van der Waals surface area contributed by atoms with Crippen molar-refractivity contribution in [2.75, 3.05) is 17.5 Å². The van der Waals surface area contributed by atoms with Crippen LogP contribution in [0, 0.1) is 6.92 Å². The number of sulfonamides is 1. The number of amides is 1. The highest BCUT2D eigenvalue weighted by Crippen LogP contribution is 2.32. The summed E-state index contributed by atoms with van der Waals surface area (Å²) < 4.78 is 33.5. The molecule has 152 valence electrons. The van der Waals surface area contributed by atoms with Gasteiger partial charge in [0.25, 0.3) is 10.0 Å². The summed E-state index contributed by atoms with van der Waals surface area (Å²) >= 11 is 0. The molecule has 1 N–H and O–H groups in total. The number of hydrogen-bond donors (Lipinski definition) is 1. The minimum Gasteiger partial charge on any atom is -0.492 e. The van der Waals surface area contributed by atoms with E-state index in [1.54, 1.807) is 48.5 Å². The van der Waals surface area contributed by atoms with E-state index in [0.29, 0.717) is 18.0 Å². The van der Waals surface area contributed by atoms with Crippen LogP contribution in [0.15, 0.2) is 53.4 Å². The second kappa shape index (κ2) is 9.59. The molecule has 0 spiro atoms. The van der Waals surface area contributed by atoms with Crippen LogP contribution in [0.1, 0.15) is 32.8 Å². The van der Waals surface area contributed by atoms with Crippen LogP contribution < -0.4 is 14.4 Å². The van der Waals surface area contributed by atoms with E-state index in [1.807, 2.05) is 27.7 Å². The molecule has 0 saturated carbocycles. The van der Waals surface area contributed by atoms with Crippen molar-refractivity contribution in [3.63, 3.8) is 0 Å². The van der Waals surface area contributed by atoms with Gasteiger partial charge in [-0.1, -0.05) is 36.8 Å². The Hall–Kier alpha value is -2.54. The van der Waals surface area contributed by atoms with Crippen molar-refractivity contribution in [2.45, 2.75) is 45.1 Å². The SMILES string of the molecule is CCOc1ccccc1N(CC(=O)N[C@@H](C)CC)S(=O)(=O)c1ccc(C)cc1. The number of aryl methyl sites for hydroxylation is 1. The molecule has 0 aliphatic heterocycles. The van der Waals surface area contributed by atoms with Crippen molar-refractivity contribution in [3.05, 3.63) is 54.1 Å². The number of nitrogens with zero attached hydrogens (tertiary/aromatic N) is 1. The molecule has 28 heavy (non-hydrogen) atoms. The number of carbonyl (C=O) groups is 1. The van der Waals surface area contributed by atoms with Gasteiger partial charge in [0.2, 0.25) is 5.91 Å². The van der Waals surface area contributed by atoms with E-state index >= 15 is 0 Å². The summed E-state index contributed by atoms with van der Waals surface area (Å²) in [6, 6.07) is 13.4. The quantitative estimate of drug-likeness (QED) is 0.694. The fourth-order valence-corrected chi connectivity index (χ4v) is 4.06. The molecular weight excluding hydrogens is 376 g/mol. The Labute approximate surface area is 167 Å². The summed E-state index contributed by atoms with van der Waals surface area (Å²) in [7, 11) is -3.96. The molecule has 2 rings (SSSR count). The van der Waals surface area contributed by atoms with Crippen molar-refractivity contribution in [1.82, 2.24) is 5.32 Å². The normalized spacial score (nSPS) is 12.3. The molecule has 2 aromatic rings. The highest BCUT2D eigenvalue weighted by Gasteiger charge is 2.29. The largest absolute Gasteiger partial charge is 0.492 e. The second-order valence-electron chi connectivity index (χ2n) is 6.60. The molecule has 0 aliphatic carbocycles. The smallest absolute Gasteiger partial charge is 0.264 e. The molecule has 0 bridgehead atoms. The van der Waals surface area contributed by atoms with Crippen LogP contribution in [0.4, 0.5) is 5.69 Å². The van der Waals surface area contributed by atoms with Gasteiger partial charge in [0, 0.05) is 6.04 Å². The monoisotopic (exact) mass is 404 g/mol. The molecule has 1 amide bonds. The highest BCUT2D eigenvalue weighted by atomic mass is 32.2. The third-order valence-electron chi connectivity index (χ3n) is 4.35. The third kappa shape index (κ3) is 5.25. The number of hydrogen-bond acceptors (Lipinski definition) is 4. The van der Waals surface area contributed by atoms with Gasteiger partial charge in [0.15, 0.2) is 0 Å². The second-order valence-corrected chi connectivity index (χ2v) is 8.46. The summed E-state index contributed by atoms with van der Waals surface area (Å²) in [4.78, 5) is 12.7. The molecule has 0 aromatic heterocycles. The Morgan fingerprint density at radius 1 is 1.11 bits per heavy atom. The molecule has 0 radical (unpaired) electrons. The third-order valence-corrected chi connectivity index (χ3v) is 6.12. The van der Waals surface area contributed by atoms with E-state index < -0.39 is 10.0 Å². The number of ether oxygens (including phenoxy) is 1. The summed E-state index contributed by atoms with van der Waals surface area (Å²) in [5.41, 5.74) is 1.29. The minimum absolute atomic E-state index is 0.0430. The van der Waals surface area contributed by atoms with Gasteiger partial charge in [-0.3, -0.25) is 9.10 Å². The lowest BCUT2D eigenvalue weighted by Crippen LogP contribution is -2.43. The molecular formula is C21H28N2O4S. The molecule has 2 aromatic carbocycles. The van der Waals surface area contributed by atoms with Crippen LogP contribution in [0.25, 0.3) is 0 Å². The average molecular weight is 405 g/mol. The Kier molecular flexibility index (Phi) is 7.45. The zero-order valence-electron chi connectivity index (χ0n) is 16.8. The molecule has 0 aliphatic rings. The Morgan fingerprint density at radius 2 is 1.75 bits per heavy atom. The fourth-order valence-electron chi connectivity index (χ4n) is 2.63. The molecule has 7 heteroatoms. The summed E-state index contributed by atoms with van der Waals surface area (Å²) in [6.45, 7) is 7.60. The number of nitrogens with one attached hydrogen (secondary N) is 1. The number of para-hydroxylation sites is 2. The van der Waals surface area contributed by atoms with Crippen molar-refractivity contribution in [3.8, 4) is 5.75 Å². The summed E-state index contributed by atoms with van der Waals surface area (Å²) in [5.74, 6) is 0.0494. The minimum atomic E-state index is -3.96. The summed E-state index contributed by atoms with van der Waals surface area (Å²) in [6.07, 6.45) is 0.756. The van der Waals surface area contributed by atoms with Crippen LogP contribution in [0.2, 0.25) is 0 Å². The van der Waals surface area contributed by atoms with E-state index in [2.05, 4.69) is 5.32 Å². The molecule has 0 saturated heterocycles. The van der Waals surface area contributed by atoms with Crippen molar-refractivity contribution in [1.29, 1.82) is 0 Å². The number of rotatable bonds is 9. The van der Waals surface area contributed by atoms with E-state index in [9.17, 15) is 13.2 Å². The molecule has 0 heterocycles. The zero-order chi connectivity index (χ0) is 20.7. The number of anilines is 1. The standard InChI is InChI=1S/C21H28N2O4S/c1-5-17(4)22-21(24)15-23(19-9-7-8-10-20(19)27-6-2)28(25,26)18-13-11-16(3)12-14-18/h7-14,17H,5-6,15H2,1-4H3,(H,22,24)/t17-/m0/s1. The Morgan fingerprint density at radius 3 is 2.36 bits per heavy atom. The Balaban J connectivity index is 2.50. The number of carbonyl (C=O) groups excluding carboxylic acids is 1. The lowest BCUT2D eigenvalue weighted by atomic mass is 10.2. The van der Waals surface area contributed by atoms with E-state index in [0.717, 1.165) is 16.3 Å². The molecule has 0 unspecified atom stereocenters. The predicted molar refractivity (Wildman–Crippen MR) is 111 cm³/mol. The average Bonchev–Trinajstić information content (AvgIpc) is 2.67. The first kappa shape index (κ1) is 21.8. The van der Waals surface area contributed by atoms with E-state index in [-0.39, 0.29) is 23.4 Å². The van der Waals surface area contributed by atoms with Gasteiger partial charge in [0.05, 0.1) is 17.2 Å². The van der Waals surface area contributed by atoms with Gasteiger partial charge in [0.1, 0.15) is 12.3 Å². The topological polar surface area (TPSA) is 75.7 Å². The zero-order valence-corrected chi connectivity index (χ0v) is 17.6. The van der Waals surface area contributed by atoms with Crippen molar-refractivity contribution >= 4 is 21.6 Å². The lowest BCUT2D eigenvalue weighted by Gasteiger charge is -2.26. The van der Waals surface area contributed by atoms with E-state index in [1.165, 1.54) is 0 Å². The highest BCUT2D eigenvalue weighted by molar-refractivity contribution is 7.92. The summed E-state index contributed by atoms with van der Waals surface area (Å²) in [5, 5.41) is 2.83. The van der Waals surface area contributed by atoms with E-state index in [4.69, 9.17) is 4.74 Å². The van der Waals surface area contributed by atoms with Crippen LogP contribution in [-0.4, -0.2) is 33.5 Å².